The molecule has 0 bridgehead atoms. The summed E-state index contributed by atoms with van der Waals surface area (Å²) in [5.74, 6) is -0.279. The van der Waals surface area contributed by atoms with Crippen LogP contribution in [0.25, 0.3) is 0 Å². The first-order valence-corrected chi connectivity index (χ1v) is 5.03. The third kappa shape index (κ3) is 2.51. The van der Waals surface area contributed by atoms with Gasteiger partial charge >= 0.3 is 5.97 Å². The number of rotatable bonds is 5. The Morgan fingerprint density at radius 3 is 3.06 bits per heavy atom. The van der Waals surface area contributed by atoms with E-state index in [0.29, 0.717) is 24.5 Å². The monoisotopic (exact) mass is 236 g/mol. The number of aryl methyl sites for hydroxylation is 1. The van der Waals surface area contributed by atoms with Crippen LogP contribution in [0.15, 0.2) is 23.0 Å². The molecule has 2 aromatic heterocycles. The molecular formula is C10H12N4O3. The minimum absolute atomic E-state index is 0.206. The van der Waals surface area contributed by atoms with Crippen LogP contribution in [-0.2, 0) is 20.1 Å². The van der Waals surface area contributed by atoms with E-state index in [-0.39, 0.29) is 5.56 Å². The molecule has 0 amide bonds. The topological polar surface area (TPSA) is 93.2 Å². The molecule has 0 fully saturated rings. The number of nitrogens with one attached hydrogen (secondary N) is 1. The second-order valence-electron chi connectivity index (χ2n) is 3.52. The van der Waals surface area contributed by atoms with Gasteiger partial charge in [0.2, 0.25) is 0 Å². The van der Waals surface area contributed by atoms with Crippen molar-refractivity contribution in [3.05, 3.63) is 35.5 Å². The zero-order valence-corrected chi connectivity index (χ0v) is 9.25. The fraction of sp³-hybridized carbons (Fsp3) is 0.300. The van der Waals surface area contributed by atoms with Gasteiger partial charge in [-0.3, -0.25) is 4.68 Å². The molecule has 0 atom stereocenters. The molecule has 0 saturated heterocycles. The number of aromatic nitrogens is 3. The SMILES string of the molecule is Cn1ncc(C(=O)O)c1CNCc1ccno1. The zero-order chi connectivity index (χ0) is 12.3. The second kappa shape index (κ2) is 4.79. The Kier molecular flexibility index (Phi) is 3.20. The van der Waals surface area contributed by atoms with E-state index in [4.69, 9.17) is 9.63 Å². The van der Waals surface area contributed by atoms with Crippen molar-refractivity contribution >= 4 is 5.97 Å². The smallest absolute Gasteiger partial charge is 0.339 e. The highest BCUT2D eigenvalue weighted by Crippen LogP contribution is 2.07. The van der Waals surface area contributed by atoms with E-state index in [1.807, 2.05) is 0 Å². The summed E-state index contributed by atoms with van der Waals surface area (Å²) in [6.45, 7) is 0.892. The molecule has 0 aromatic carbocycles. The van der Waals surface area contributed by atoms with E-state index in [1.54, 1.807) is 19.3 Å². The summed E-state index contributed by atoms with van der Waals surface area (Å²) in [4.78, 5) is 10.9. The van der Waals surface area contributed by atoms with Gasteiger partial charge in [-0.25, -0.2) is 4.79 Å². The first-order chi connectivity index (χ1) is 8.18. The Balaban J connectivity index is 1.99. The average molecular weight is 236 g/mol. The molecule has 0 radical (unpaired) electrons. The van der Waals surface area contributed by atoms with Gasteiger partial charge in [-0.2, -0.15) is 5.10 Å². The molecule has 2 heterocycles. The number of nitrogens with zero attached hydrogens (tertiary/aromatic N) is 3. The van der Waals surface area contributed by atoms with Crippen molar-refractivity contribution in [2.24, 2.45) is 7.05 Å². The summed E-state index contributed by atoms with van der Waals surface area (Å²) in [6.07, 6.45) is 2.90. The number of hydrogen-bond acceptors (Lipinski definition) is 5. The van der Waals surface area contributed by atoms with E-state index < -0.39 is 5.97 Å². The van der Waals surface area contributed by atoms with Crippen LogP contribution in [0.3, 0.4) is 0 Å². The molecular weight excluding hydrogens is 224 g/mol. The van der Waals surface area contributed by atoms with Crippen molar-refractivity contribution in [1.29, 1.82) is 0 Å². The summed E-state index contributed by atoms with van der Waals surface area (Å²) < 4.78 is 6.45. The standard InChI is InChI=1S/C10H12N4O3/c1-14-9(8(5-12-14)10(15)16)6-11-4-7-2-3-13-17-7/h2-3,5,11H,4,6H2,1H3,(H,15,16). The molecule has 0 spiro atoms. The van der Waals surface area contributed by atoms with Crippen molar-refractivity contribution in [1.82, 2.24) is 20.3 Å². The van der Waals surface area contributed by atoms with Gasteiger partial charge in [-0.1, -0.05) is 5.16 Å². The Bertz CT molecular complexity index is 504. The lowest BCUT2D eigenvalue weighted by Gasteiger charge is -2.04. The van der Waals surface area contributed by atoms with Gasteiger partial charge in [-0.05, 0) is 0 Å². The molecule has 0 saturated carbocycles. The lowest BCUT2D eigenvalue weighted by molar-refractivity contribution is 0.0695. The highest BCUT2D eigenvalue weighted by atomic mass is 16.5. The molecule has 0 aliphatic heterocycles. The van der Waals surface area contributed by atoms with Crippen LogP contribution >= 0.6 is 0 Å². The maximum absolute atomic E-state index is 10.9. The maximum atomic E-state index is 10.9. The number of carboxylic acid groups (broad SMARTS) is 1. The van der Waals surface area contributed by atoms with Crippen LogP contribution in [0.4, 0.5) is 0 Å². The normalized spacial score (nSPS) is 10.6. The van der Waals surface area contributed by atoms with E-state index >= 15 is 0 Å². The Hall–Kier alpha value is -2.15. The number of carbonyl (C=O) groups is 1. The highest BCUT2D eigenvalue weighted by Gasteiger charge is 2.14. The van der Waals surface area contributed by atoms with Gasteiger partial charge < -0.3 is 14.9 Å². The van der Waals surface area contributed by atoms with Crippen molar-refractivity contribution in [3.63, 3.8) is 0 Å². The molecule has 0 aliphatic carbocycles. The first kappa shape index (κ1) is 11.3. The van der Waals surface area contributed by atoms with Gasteiger partial charge in [0, 0.05) is 19.7 Å². The molecule has 17 heavy (non-hydrogen) atoms. The molecule has 90 valence electrons. The van der Waals surface area contributed by atoms with Gasteiger partial charge in [0.05, 0.1) is 24.6 Å². The van der Waals surface area contributed by atoms with Crippen LogP contribution in [-0.4, -0.2) is 26.0 Å². The third-order valence-corrected chi connectivity index (χ3v) is 2.37. The number of hydrogen-bond donors (Lipinski definition) is 2. The van der Waals surface area contributed by atoms with Crippen LogP contribution in [0.2, 0.25) is 0 Å². The summed E-state index contributed by atoms with van der Waals surface area (Å²) in [7, 11) is 1.71. The van der Waals surface area contributed by atoms with Crippen LogP contribution in [0.5, 0.6) is 0 Å². The number of aromatic carboxylic acids is 1. The molecule has 2 rings (SSSR count). The van der Waals surface area contributed by atoms with E-state index in [2.05, 4.69) is 15.6 Å². The van der Waals surface area contributed by atoms with Crippen LogP contribution < -0.4 is 5.32 Å². The zero-order valence-electron chi connectivity index (χ0n) is 9.25. The lowest BCUT2D eigenvalue weighted by Crippen LogP contribution is -2.17. The fourth-order valence-electron chi connectivity index (χ4n) is 1.49. The first-order valence-electron chi connectivity index (χ1n) is 5.03. The van der Waals surface area contributed by atoms with Crippen molar-refractivity contribution in [2.45, 2.75) is 13.1 Å². The summed E-state index contributed by atoms with van der Waals surface area (Å²) in [6, 6.07) is 1.74. The van der Waals surface area contributed by atoms with Crippen molar-refractivity contribution < 1.29 is 14.4 Å². The van der Waals surface area contributed by atoms with Gasteiger partial charge in [-0.15, -0.1) is 0 Å². The third-order valence-electron chi connectivity index (χ3n) is 2.37. The van der Waals surface area contributed by atoms with Crippen molar-refractivity contribution in [2.75, 3.05) is 0 Å². The van der Waals surface area contributed by atoms with Crippen LogP contribution in [0.1, 0.15) is 21.8 Å². The molecule has 7 nitrogen and oxygen atoms in total. The molecule has 0 aliphatic rings. The quantitative estimate of drug-likeness (QED) is 0.780. The average Bonchev–Trinajstić information content (AvgIpc) is 2.89. The Morgan fingerprint density at radius 1 is 1.59 bits per heavy atom. The molecule has 2 N–H and O–H groups in total. The van der Waals surface area contributed by atoms with Gasteiger partial charge in [0.1, 0.15) is 11.3 Å². The minimum atomic E-state index is -0.977. The second-order valence-corrected chi connectivity index (χ2v) is 3.52. The molecule has 0 unspecified atom stereocenters. The summed E-state index contributed by atoms with van der Waals surface area (Å²) in [5.41, 5.74) is 0.828. The fourth-order valence-corrected chi connectivity index (χ4v) is 1.49. The highest BCUT2D eigenvalue weighted by molar-refractivity contribution is 5.88. The summed E-state index contributed by atoms with van der Waals surface area (Å²) in [5, 5.41) is 19.5. The maximum Gasteiger partial charge on any atom is 0.339 e. The largest absolute Gasteiger partial charge is 0.478 e. The number of carboxylic acids is 1. The van der Waals surface area contributed by atoms with Gasteiger partial charge in [0.15, 0.2) is 0 Å². The van der Waals surface area contributed by atoms with Gasteiger partial charge in [0.25, 0.3) is 0 Å². The Morgan fingerprint density at radius 2 is 2.41 bits per heavy atom. The van der Waals surface area contributed by atoms with Crippen molar-refractivity contribution in [3.8, 4) is 0 Å². The summed E-state index contributed by atoms with van der Waals surface area (Å²) >= 11 is 0. The van der Waals surface area contributed by atoms with E-state index in [9.17, 15) is 4.79 Å². The minimum Gasteiger partial charge on any atom is -0.478 e. The van der Waals surface area contributed by atoms with E-state index in [1.165, 1.54) is 10.9 Å². The Labute approximate surface area is 97.0 Å². The van der Waals surface area contributed by atoms with E-state index in [0.717, 1.165) is 0 Å². The van der Waals surface area contributed by atoms with Crippen LogP contribution in [0, 0.1) is 0 Å². The molecule has 7 heteroatoms. The predicted octanol–water partition coefficient (Wildman–Crippen LogP) is 0.396. The molecule has 2 aromatic rings. The predicted molar refractivity (Wildman–Crippen MR) is 57.2 cm³/mol. The lowest BCUT2D eigenvalue weighted by atomic mass is 10.2.